The lowest BCUT2D eigenvalue weighted by molar-refractivity contribution is -0.112. The summed E-state index contributed by atoms with van der Waals surface area (Å²) in [4.78, 5) is 22.7. The van der Waals surface area contributed by atoms with Crippen LogP contribution in [0.5, 0.6) is 0 Å². The number of halogens is 1. The zero-order valence-corrected chi connectivity index (χ0v) is 14.4. The molecule has 0 aliphatic rings. The lowest BCUT2D eigenvalue weighted by atomic mass is 10.1. The molecule has 6 heteroatoms. The van der Waals surface area contributed by atoms with Crippen molar-refractivity contribution in [3.63, 3.8) is 0 Å². The highest BCUT2D eigenvalue weighted by atomic mass is 19.1. The average molecular weight is 334 g/mol. The van der Waals surface area contributed by atoms with Gasteiger partial charge in [-0.1, -0.05) is 26.0 Å². The van der Waals surface area contributed by atoms with Crippen LogP contribution in [0.3, 0.4) is 0 Å². The molecule has 0 radical (unpaired) electrons. The number of benzene rings is 1. The van der Waals surface area contributed by atoms with Crippen LogP contribution < -0.4 is 5.32 Å². The van der Waals surface area contributed by atoms with Crippen LogP contribution in [-0.2, 0) is 4.79 Å². The summed E-state index contributed by atoms with van der Waals surface area (Å²) < 4.78 is 10.6. The molecule has 0 unspecified atom stereocenters. The van der Waals surface area contributed by atoms with Gasteiger partial charge in [-0.25, -0.2) is 9.18 Å². The Morgan fingerprint density at radius 3 is 2.33 bits per heavy atom. The number of allylic oxidation sites excluding steroid dienone is 2. The summed E-state index contributed by atoms with van der Waals surface area (Å²) in [5.41, 5.74) is 0.780. The molecule has 0 heterocycles. The predicted octanol–water partition coefficient (Wildman–Crippen LogP) is 4.33. The first-order chi connectivity index (χ1) is 11.4. The fraction of sp³-hybridized carbons (Fsp3) is 0.278. The van der Waals surface area contributed by atoms with Crippen molar-refractivity contribution in [2.45, 2.75) is 27.7 Å². The second-order valence-electron chi connectivity index (χ2n) is 4.05. The number of anilines is 1. The maximum Gasteiger partial charge on any atom is 0.337 e. The summed E-state index contributed by atoms with van der Waals surface area (Å²) in [5, 5.41) is 20.2. The third-order valence-corrected chi connectivity index (χ3v) is 2.53. The number of alkyl halides is 1. The minimum Gasteiger partial charge on any atom is -0.478 e. The van der Waals surface area contributed by atoms with Crippen LogP contribution in [0.1, 0.15) is 43.6 Å². The number of carboxylic acid groups (broad SMARTS) is 1. The number of hydrogen-bond donors (Lipinski definition) is 2. The zero-order valence-electron chi connectivity index (χ0n) is 14.4. The van der Waals surface area contributed by atoms with E-state index in [2.05, 4.69) is 11.9 Å². The lowest BCUT2D eigenvalue weighted by Crippen LogP contribution is -2.15. The van der Waals surface area contributed by atoms with Crippen molar-refractivity contribution in [2.75, 3.05) is 12.0 Å². The number of nitriles is 1. The number of rotatable bonds is 4. The van der Waals surface area contributed by atoms with Crippen LogP contribution in [0.4, 0.5) is 10.1 Å². The molecule has 24 heavy (non-hydrogen) atoms. The van der Waals surface area contributed by atoms with Gasteiger partial charge in [0.2, 0.25) is 0 Å². The van der Waals surface area contributed by atoms with E-state index in [0.29, 0.717) is 5.57 Å². The molecule has 0 saturated carbocycles. The zero-order chi connectivity index (χ0) is 19.1. The van der Waals surface area contributed by atoms with Gasteiger partial charge in [0.15, 0.2) is 0 Å². The molecule has 1 aromatic carbocycles. The maximum absolute atomic E-state index is 11.6. The topological polar surface area (TPSA) is 90.2 Å². The Balaban J connectivity index is 0. The Bertz CT molecular complexity index is 632. The van der Waals surface area contributed by atoms with Gasteiger partial charge in [-0.15, -0.1) is 6.58 Å². The first-order valence-electron chi connectivity index (χ1n) is 7.29. The van der Waals surface area contributed by atoms with E-state index >= 15 is 0 Å². The predicted molar refractivity (Wildman–Crippen MR) is 93.7 cm³/mol. The van der Waals surface area contributed by atoms with E-state index in [4.69, 9.17) is 10.4 Å². The van der Waals surface area contributed by atoms with Crippen LogP contribution in [-0.4, -0.2) is 23.7 Å². The minimum absolute atomic E-state index is 0.105. The number of nitrogens with zero attached hydrogens (tertiary/aromatic N) is 1. The maximum atomic E-state index is 11.6. The molecule has 0 saturated heterocycles. The van der Waals surface area contributed by atoms with E-state index < -0.39 is 12.6 Å². The molecule has 0 spiro atoms. The van der Waals surface area contributed by atoms with E-state index in [0.717, 1.165) is 0 Å². The number of amides is 1. The van der Waals surface area contributed by atoms with Gasteiger partial charge in [0.25, 0.3) is 5.91 Å². The van der Waals surface area contributed by atoms with E-state index in [1.807, 2.05) is 19.9 Å². The SMILES string of the molecule is C/C=C(\C)C(=O)Nc1ccc(C#N)cc1C(=O)O.C=CCF.CC. The van der Waals surface area contributed by atoms with E-state index in [9.17, 15) is 14.0 Å². The quantitative estimate of drug-likeness (QED) is 0.633. The van der Waals surface area contributed by atoms with Crippen molar-refractivity contribution in [3.8, 4) is 6.07 Å². The Kier molecular flexibility index (Phi) is 13.3. The molecule has 0 aliphatic heterocycles. The van der Waals surface area contributed by atoms with Gasteiger partial charge < -0.3 is 10.4 Å². The highest BCUT2D eigenvalue weighted by Crippen LogP contribution is 2.18. The third kappa shape index (κ3) is 8.49. The average Bonchev–Trinajstić information content (AvgIpc) is 2.62. The first kappa shape index (κ1) is 23.3. The van der Waals surface area contributed by atoms with Crippen LogP contribution in [0.2, 0.25) is 0 Å². The van der Waals surface area contributed by atoms with Gasteiger partial charge in [-0.05, 0) is 32.0 Å². The van der Waals surface area contributed by atoms with E-state index in [1.54, 1.807) is 19.9 Å². The summed E-state index contributed by atoms with van der Waals surface area (Å²) in [6.45, 7) is 10.0. The fourth-order valence-corrected chi connectivity index (χ4v) is 1.25. The van der Waals surface area contributed by atoms with Crippen molar-refractivity contribution in [2.24, 2.45) is 0 Å². The molecule has 5 nitrogen and oxygen atoms in total. The van der Waals surface area contributed by atoms with Crippen molar-refractivity contribution >= 4 is 17.6 Å². The van der Waals surface area contributed by atoms with Crippen molar-refractivity contribution < 1.29 is 19.1 Å². The molecule has 1 aromatic rings. The van der Waals surface area contributed by atoms with Gasteiger partial charge in [0.1, 0.15) is 6.67 Å². The highest BCUT2D eigenvalue weighted by Gasteiger charge is 2.13. The fourth-order valence-electron chi connectivity index (χ4n) is 1.25. The molecule has 1 amide bonds. The Labute approximate surface area is 142 Å². The van der Waals surface area contributed by atoms with Gasteiger partial charge in [-0.3, -0.25) is 4.79 Å². The molecule has 1 rings (SSSR count). The van der Waals surface area contributed by atoms with Crippen LogP contribution in [0, 0.1) is 11.3 Å². The van der Waals surface area contributed by atoms with Crippen molar-refractivity contribution in [3.05, 3.63) is 53.6 Å². The van der Waals surface area contributed by atoms with Crippen LogP contribution in [0.25, 0.3) is 0 Å². The number of hydrogen-bond acceptors (Lipinski definition) is 3. The Morgan fingerprint density at radius 2 is 1.96 bits per heavy atom. The number of aromatic carboxylic acids is 1. The monoisotopic (exact) mass is 334 g/mol. The number of carbonyl (C=O) groups is 2. The summed E-state index contributed by atoms with van der Waals surface area (Å²) >= 11 is 0. The molecule has 2 N–H and O–H groups in total. The highest BCUT2D eigenvalue weighted by molar-refractivity contribution is 6.07. The smallest absolute Gasteiger partial charge is 0.337 e. The second-order valence-corrected chi connectivity index (χ2v) is 4.05. The van der Waals surface area contributed by atoms with Crippen molar-refractivity contribution in [1.82, 2.24) is 0 Å². The second kappa shape index (κ2) is 13.7. The molecule has 0 fully saturated rings. The summed E-state index contributed by atoms with van der Waals surface area (Å²) in [7, 11) is 0. The summed E-state index contributed by atoms with van der Waals surface area (Å²) in [6, 6.07) is 5.93. The molecule has 0 aliphatic carbocycles. The normalized spacial score (nSPS) is 9.25. The number of carboxylic acids is 1. The van der Waals surface area contributed by atoms with Crippen LogP contribution in [0.15, 0.2) is 42.5 Å². The van der Waals surface area contributed by atoms with E-state index in [1.165, 1.54) is 24.3 Å². The van der Waals surface area contributed by atoms with Crippen molar-refractivity contribution in [1.29, 1.82) is 5.26 Å². The molecule has 0 bridgehead atoms. The van der Waals surface area contributed by atoms with E-state index in [-0.39, 0.29) is 22.7 Å². The summed E-state index contributed by atoms with van der Waals surface area (Å²) in [6.07, 6.45) is 2.83. The Hall–Kier alpha value is -2.94. The van der Waals surface area contributed by atoms with Gasteiger partial charge in [0.05, 0.1) is 22.9 Å². The van der Waals surface area contributed by atoms with Crippen LogP contribution >= 0.6 is 0 Å². The van der Waals surface area contributed by atoms with Gasteiger partial charge in [0, 0.05) is 5.57 Å². The molecule has 0 atom stereocenters. The number of nitrogens with one attached hydrogen (secondary N) is 1. The van der Waals surface area contributed by atoms with Gasteiger partial charge >= 0.3 is 5.97 Å². The molecular weight excluding hydrogens is 311 g/mol. The van der Waals surface area contributed by atoms with Gasteiger partial charge in [-0.2, -0.15) is 5.26 Å². The Morgan fingerprint density at radius 1 is 1.42 bits per heavy atom. The largest absolute Gasteiger partial charge is 0.478 e. The molecular formula is C18H23FN2O3. The standard InChI is InChI=1S/C13H12N2O3.C3H5F.C2H6/c1-3-8(2)12(16)15-11-5-4-9(7-14)6-10(11)13(17)18;1-2-3-4;1-2/h3-6H,1-2H3,(H,15,16)(H,17,18);2H,1,3H2;1-2H3/b8-3+;;. The first-order valence-corrected chi connectivity index (χ1v) is 7.29. The lowest BCUT2D eigenvalue weighted by Gasteiger charge is -2.08. The summed E-state index contributed by atoms with van der Waals surface area (Å²) in [5.74, 6) is -1.56. The minimum atomic E-state index is -1.19. The molecule has 130 valence electrons. The number of carbonyl (C=O) groups excluding carboxylic acids is 1. The third-order valence-electron chi connectivity index (χ3n) is 2.53. The molecule has 0 aromatic heterocycles.